The Hall–Kier alpha value is -4.91. The summed E-state index contributed by atoms with van der Waals surface area (Å²) in [7, 11) is 1.29. The fourth-order valence-electron chi connectivity index (χ4n) is 5.06. The van der Waals surface area contributed by atoms with Gasteiger partial charge in [-0.2, -0.15) is 0 Å². The molecular formula is C36H33ClN4O6S2. The summed E-state index contributed by atoms with van der Waals surface area (Å²) >= 11 is 8.56. The van der Waals surface area contributed by atoms with Gasteiger partial charge in [-0.05, 0) is 73.0 Å². The zero-order valence-corrected chi connectivity index (χ0v) is 29.3. The molecule has 0 saturated carbocycles. The highest BCUT2D eigenvalue weighted by molar-refractivity contribution is 8.00. The lowest BCUT2D eigenvalue weighted by Crippen LogP contribution is -2.33. The van der Waals surface area contributed by atoms with Crippen molar-refractivity contribution in [2.45, 2.75) is 37.0 Å². The quantitative estimate of drug-likeness (QED) is 0.0954. The zero-order valence-electron chi connectivity index (χ0n) is 26.9. The summed E-state index contributed by atoms with van der Waals surface area (Å²) in [6.45, 7) is 4.08. The summed E-state index contributed by atoms with van der Waals surface area (Å²) in [5.41, 5.74) is 2.63. The van der Waals surface area contributed by atoms with Crippen LogP contribution in [0.15, 0.2) is 89.5 Å². The van der Waals surface area contributed by atoms with Gasteiger partial charge in [0.1, 0.15) is 10.7 Å². The van der Waals surface area contributed by atoms with Crippen molar-refractivity contribution < 1.29 is 28.7 Å². The second-order valence-electron chi connectivity index (χ2n) is 11.1. The van der Waals surface area contributed by atoms with Crippen molar-refractivity contribution in [1.82, 2.24) is 10.2 Å². The third-order valence-corrected chi connectivity index (χ3v) is 10.1. The molecule has 10 nitrogen and oxygen atoms in total. The highest BCUT2D eigenvalue weighted by atomic mass is 35.5. The molecule has 4 aromatic rings. The lowest BCUT2D eigenvalue weighted by atomic mass is 10.0. The average molecular weight is 717 g/mol. The minimum atomic E-state index is -0.588. The first kappa shape index (κ1) is 35.4. The van der Waals surface area contributed by atoms with Gasteiger partial charge in [0.25, 0.3) is 11.8 Å². The fraction of sp³-hybridized carbons (Fsp3) is 0.194. The molecule has 0 saturated heterocycles. The molecule has 3 N–H and O–H groups in total. The van der Waals surface area contributed by atoms with E-state index in [0.717, 1.165) is 10.4 Å². The van der Waals surface area contributed by atoms with Crippen LogP contribution in [0.4, 0.5) is 10.7 Å². The highest BCUT2D eigenvalue weighted by Crippen LogP contribution is 2.38. The summed E-state index contributed by atoms with van der Waals surface area (Å²) in [5, 5.41) is 8.78. The third kappa shape index (κ3) is 8.96. The van der Waals surface area contributed by atoms with Gasteiger partial charge in [0.15, 0.2) is 0 Å². The molecule has 0 radical (unpaired) electrons. The molecular weight excluding hydrogens is 684 g/mol. The number of hydrogen-bond donors (Lipinski definition) is 3. The minimum absolute atomic E-state index is 0.0217. The Kier molecular flexibility index (Phi) is 11.6. The van der Waals surface area contributed by atoms with E-state index in [1.165, 1.54) is 37.1 Å². The number of ether oxygens (including phenoxy) is 1. The van der Waals surface area contributed by atoms with Gasteiger partial charge >= 0.3 is 5.97 Å². The predicted octanol–water partition coefficient (Wildman–Crippen LogP) is 6.62. The van der Waals surface area contributed by atoms with E-state index in [1.54, 1.807) is 90.7 Å². The number of carbonyl (C=O) groups is 5. The SMILES string of the molecule is COC(=O)c1c(NC(=O)C(C)Sc2cccc(NC(=O)/C(=C/c3ccc(Cl)cc3)NC(=O)c3ccccc3)c2)sc2c1CCN(C(C)=O)C2. The number of halogens is 1. The Morgan fingerprint density at radius 2 is 1.71 bits per heavy atom. The van der Waals surface area contributed by atoms with E-state index in [9.17, 15) is 24.0 Å². The van der Waals surface area contributed by atoms with E-state index in [1.807, 2.05) is 6.07 Å². The molecule has 0 spiro atoms. The Morgan fingerprint density at radius 3 is 2.41 bits per heavy atom. The molecule has 0 fully saturated rings. The molecule has 0 aliphatic carbocycles. The molecule has 252 valence electrons. The first-order valence-corrected chi connectivity index (χ1v) is 17.3. The van der Waals surface area contributed by atoms with Crippen LogP contribution in [-0.2, 0) is 32.1 Å². The number of methoxy groups -OCH3 is 1. The second-order valence-corrected chi connectivity index (χ2v) is 14.0. The van der Waals surface area contributed by atoms with Gasteiger partial charge in [0, 0.05) is 39.5 Å². The molecule has 5 rings (SSSR count). The Morgan fingerprint density at radius 1 is 0.980 bits per heavy atom. The number of carbonyl (C=O) groups excluding carboxylic acids is 5. The molecule has 1 aliphatic heterocycles. The maximum atomic E-state index is 13.5. The maximum Gasteiger partial charge on any atom is 0.341 e. The van der Waals surface area contributed by atoms with Gasteiger partial charge in [0.05, 0.1) is 24.5 Å². The lowest BCUT2D eigenvalue weighted by molar-refractivity contribution is -0.129. The van der Waals surface area contributed by atoms with Crippen LogP contribution in [0, 0.1) is 0 Å². The van der Waals surface area contributed by atoms with Crippen molar-refractivity contribution >= 4 is 81.1 Å². The monoisotopic (exact) mass is 716 g/mol. The standard InChI is InChI=1S/C36H33ClN4O6S2/c1-21(32(43)40-35-31(36(46)47-3)28-16-17-41(22(2)42)20-30(28)49-35)48-27-11-7-10-26(19-27)38-34(45)29(18-23-12-14-25(37)15-13-23)39-33(44)24-8-5-4-6-9-24/h4-15,18-19,21H,16-17,20H2,1-3H3,(H,38,45)(H,39,44)(H,40,43)/b29-18-. The number of rotatable bonds is 10. The molecule has 1 aromatic heterocycles. The number of anilines is 2. The third-order valence-electron chi connectivity index (χ3n) is 7.61. The van der Waals surface area contributed by atoms with E-state index in [-0.39, 0.29) is 17.5 Å². The van der Waals surface area contributed by atoms with Gasteiger partial charge in [-0.1, -0.05) is 48.0 Å². The number of esters is 1. The van der Waals surface area contributed by atoms with Crippen molar-refractivity contribution in [3.8, 4) is 0 Å². The predicted molar refractivity (Wildman–Crippen MR) is 193 cm³/mol. The van der Waals surface area contributed by atoms with E-state index in [0.29, 0.717) is 56.8 Å². The Bertz CT molecular complexity index is 1930. The van der Waals surface area contributed by atoms with Gasteiger partial charge < -0.3 is 25.6 Å². The normalized spacial score (nSPS) is 13.1. The van der Waals surface area contributed by atoms with Crippen LogP contribution in [0.3, 0.4) is 0 Å². The molecule has 1 aliphatic rings. The highest BCUT2D eigenvalue weighted by Gasteiger charge is 2.31. The van der Waals surface area contributed by atoms with Crippen molar-refractivity contribution in [1.29, 1.82) is 0 Å². The van der Waals surface area contributed by atoms with Crippen LogP contribution in [-0.4, -0.2) is 53.4 Å². The summed E-state index contributed by atoms with van der Waals surface area (Å²) in [6, 6.07) is 22.4. The lowest BCUT2D eigenvalue weighted by Gasteiger charge is -2.25. The van der Waals surface area contributed by atoms with Crippen LogP contribution in [0.5, 0.6) is 0 Å². The Labute approximate surface area is 296 Å². The second kappa shape index (κ2) is 16.0. The van der Waals surface area contributed by atoms with E-state index >= 15 is 0 Å². The van der Waals surface area contributed by atoms with Crippen LogP contribution >= 0.6 is 34.7 Å². The van der Waals surface area contributed by atoms with Crippen molar-refractivity contribution in [2.24, 2.45) is 0 Å². The van der Waals surface area contributed by atoms with E-state index < -0.39 is 23.0 Å². The van der Waals surface area contributed by atoms with Crippen molar-refractivity contribution in [3.05, 3.63) is 117 Å². The molecule has 1 atom stereocenters. The van der Waals surface area contributed by atoms with Crippen molar-refractivity contribution in [3.63, 3.8) is 0 Å². The Balaban J connectivity index is 1.29. The number of thioether (sulfide) groups is 1. The smallest absolute Gasteiger partial charge is 0.341 e. The molecule has 1 unspecified atom stereocenters. The summed E-state index contributed by atoms with van der Waals surface area (Å²) < 4.78 is 5.02. The number of hydrogen-bond acceptors (Lipinski definition) is 8. The largest absolute Gasteiger partial charge is 0.465 e. The molecule has 4 amide bonds. The molecule has 49 heavy (non-hydrogen) atoms. The molecule has 3 aromatic carbocycles. The summed E-state index contributed by atoms with van der Waals surface area (Å²) in [4.78, 5) is 67.7. The van der Waals surface area contributed by atoms with Crippen LogP contribution in [0.1, 0.15) is 50.6 Å². The van der Waals surface area contributed by atoms with Gasteiger partial charge in [-0.25, -0.2) is 4.79 Å². The number of benzene rings is 3. The van der Waals surface area contributed by atoms with Gasteiger partial charge in [0.2, 0.25) is 11.8 Å². The van der Waals surface area contributed by atoms with Crippen LogP contribution in [0.25, 0.3) is 6.08 Å². The number of thiophene rings is 1. The zero-order chi connectivity index (χ0) is 35.1. The van der Waals surface area contributed by atoms with E-state index in [2.05, 4.69) is 16.0 Å². The first-order valence-electron chi connectivity index (χ1n) is 15.2. The minimum Gasteiger partial charge on any atom is -0.465 e. The fourth-order valence-corrected chi connectivity index (χ4v) is 7.37. The number of nitrogens with one attached hydrogen (secondary N) is 3. The number of nitrogens with zero attached hydrogens (tertiary/aromatic N) is 1. The van der Waals surface area contributed by atoms with Gasteiger partial charge in [-0.15, -0.1) is 23.1 Å². The molecule has 0 bridgehead atoms. The van der Waals surface area contributed by atoms with Crippen LogP contribution in [0.2, 0.25) is 5.02 Å². The number of fused-ring (bicyclic) bond motifs is 1. The maximum absolute atomic E-state index is 13.5. The molecule has 2 heterocycles. The first-order chi connectivity index (χ1) is 23.5. The van der Waals surface area contributed by atoms with Gasteiger partial charge in [-0.3, -0.25) is 19.2 Å². The molecule has 13 heteroatoms. The van der Waals surface area contributed by atoms with Crippen molar-refractivity contribution in [2.75, 3.05) is 24.3 Å². The average Bonchev–Trinajstić information content (AvgIpc) is 3.45. The van der Waals surface area contributed by atoms with Crippen LogP contribution < -0.4 is 16.0 Å². The summed E-state index contributed by atoms with van der Waals surface area (Å²) in [5.74, 6) is -1.93. The topological polar surface area (TPSA) is 134 Å². The summed E-state index contributed by atoms with van der Waals surface area (Å²) in [6.07, 6.45) is 2.04. The number of amides is 4. The van der Waals surface area contributed by atoms with E-state index in [4.69, 9.17) is 16.3 Å².